The number of hydrogen-bond acceptors (Lipinski definition) is 2. The Hall–Kier alpha value is -1.56. The van der Waals surface area contributed by atoms with Crippen LogP contribution in [0, 0.1) is 0 Å². The minimum absolute atomic E-state index is 0.0304. The normalized spacial score (nSPS) is 19.1. The third-order valence-corrected chi connectivity index (χ3v) is 3.64. The van der Waals surface area contributed by atoms with Crippen LogP contribution in [0.3, 0.4) is 0 Å². The van der Waals surface area contributed by atoms with E-state index in [4.69, 9.17) is 0 Å². The highest BCUT2D eigenvalue weighted by atomic mass is 19.4. The van der Waals surface area contributed by atoms with Gasteiger partial charge in [0.2, 0.25) is 5.91 Å². The predicted molar refractivity (Wildman–Crippen MR) is 69.2 cm³/mol. The van der Waals surface area contributed by atoms with E-state index in [0.717, 1.165) is 19.0 Å². The van der Waals surface area contributed by atoms with Crippen LogP contribution in [0.4, 0.5) is 13.2 Å². The average molecular weight is 286 g/mol. The molecule has 1 fully saturated rings. The molecule has 1 aromatic carbocycles. The van der Waals surface area contributed by atoms with Crippen molar-refractivity contribution in [2.75, 3.05) is 20.1 Å². The summed E-state index contributed by atoms with van der Waals surface area (Å²) in [5.41, 5.74) is -0.700. The number of likely N-dealkylation sites (N-methyl/N-ethyl adjacent to an activating group) is 1. The molecule has 0 aromatic heterocycles. The van der Waals surface area contributed by atoms with Gasteiger partial charge in [-0.2, -0.15) is 13.2 Å². The lowest BCUT2D eigenvalue weighted by atomic mass is 10.0. The van der Waals surface area contributed by atoms with Gasteiger partial charge in [-0.05, 0) is 24.6 Å². The van der Waals surface area contributed by atoms with Crippen molar-refractivity contribution in [3.63, 3.8) is 0 Å². The largest absolute Gasteiger partial charge is 0.416 e. The molecule has 3 nitrogen and oxygen atoms in total. The van der Waals surface area contributed by atoms with Crippen molar-refractivity contribution in [3.05, 3.63) is 35.4 Å². The highest BCUT2D eigenvalue weighted by Crippen LogP contribution is 2.32. The van der Waals surface area contributed by atoms with Crippen molar-refractivity contribution in [1.82, 2.24) is 10.2 Å². The van der Waals surface area contributed by atoms with Crippen molar-refractivity contribution in [2.24, 2.45) is 0 Å². The maximum absolute atomic E-state index is 12.9. The molecule has 0 aliphatic carbocycles. The van der Waals surface area contributed by atoms with E-state index in [2.05, 4.69) is 5.32 Å². The van der Waals surface area contributed by atoms with Crippen molar-refractivity contribution < 1.29 is 18.0 Å². The van der Waals surface area contributed by atoms with E-state index in [-0.39, 0.29) is 23.9 Å². The zero-order chi connectivity index (χ0) is 14.8. The van der Waals surface area contributed by atoms with Crippen LogP contribution >= 0.6 is 0 Å². The summed E-state index contributed by atoms with van der Waals surface area (Å²) in [4.78, 5) is 13.7. The molecule has 20 heavy (non-hydrogen) atoms. The van der Waals surface area contributed by atoms with E-state index in [1.54, 1.807) is 11.9 Å². The second kappa shape index (κ2) is 5.83. The number of nitrogens with one attached hydrogen (secondary N) is 1. The van der Waals surface area contributed by atoms with Gasteiger partial charge in [-0.25, -0.2) is 0 Å². The minimum atomic E-state index is -4.43. The van der Waals surface area contributed by atoms with Crippen LogP contribution in [0.5, 0.6) is 0 Å². The van der Waals surface area contributed by atoms with Crippen LogP contribution in [0.1, 0.15) is 17.5 Å². The van der Waals surface area contributed by atoms with Crippen LogP contribution < -0.4 is 5.32 Å². The van der Waals surface area contributed by atoms with Crippen LogP contribution in [0.2, 0.25) is 0 Å². The molecule has 0 radical (unpaired) electrons. The number of rotatable bonds is 3. The lowest BCUT2D eigenvalue weighted by molar-refractivity contribution is -0.138. The fourth-order valence-corrected chi connectivity index (χ4v) is 2.41. The summed E-state index contributed by atoms with van der Waals surface area (Å²) in [6, 6.07) is 5.30. The first-order valence-corrected chi connectivity index (χ1v) is 6.51. The molecule has 2 rings (SSSR count). The molecule has 1 heterocycles. The van der Waals surface area contributed by atoms with E-state index >= 15 is 0 Å². The summed E-state index contributed by atoms with van der Waals surface area (Å²) in [7, 11) is 1.65. The molecule has 1 aliphatic rings. The molecule has 1 amide bonds. The lowest BCUT2D eigenvalue weighted by Gasteiger charge is -2.24. The number of alkyl halides is 3. The quantitative estimate of drug-likeness (QED) is 0.922. The van der Waals surface area contributed by atoms with Crippen molar-refractivity contribution >= 4 is 5.91 Å². The molecule has 1 saturated heterocycles. The standard InChI is InChI=1S/C14H17F3N2O/c1-19(11-6-7-18-9-11)13(20)8-10-4-2-3-5-12(10)14(15,16)17/h2-5,11,18H,6-9H2,1H3/t11-/m0/s1. The number of hydrogen-bond donors (Lipinski definition) is 1. The van der Waals surface area contributed by atoms with Gasteiger partial charge in [0.1, 0.15) is 0 Å². The molecule has 1 aromatic rings. The molecule has 6 heteroatoms. The summed E-state index contributed by atoms with van der Waals surface area (Å²) < 4.78 is 38.6. The molecule has 0 unspecified atom stereocenters. The highest BCUT2D eigenvalue weighted by molar-refractivity contribution is 5.79. The van der Waals surface area contributed by atoms with E-state index in [1.165, 1.54) is 18.2 Å². The molecular weight excluding hydrogens is 269 g/mol. The second-order valence-electron chi connectivity index (χ2n) is 4.98. The van der Waals surface area contributed by atoms with Gasteiger partial charge in [0.05, 0.1) is 12.0 Å². The van der Waals surface area contributed by atoms with Gasteiger partial charge >= 0.3 is 6.18 Å². The van der Waals surface area contributed by atoms with E-state index in [0.29, 0.717) is 6.54 Å². The molecule has 1 atom stereocenters. The summed E-state index contributed by atoms with van der Waals surface area (Å²) in [6.45, 7) is 1.53. The number of benzene rings is 1. The van der Waals surface area contributed by atoms with Crippen LogP contribution in [-0.2, 0) is 17.4 Å². The van der Waals surface area contributed by atoms with Gasteiger partial charge in [-0.3, -0.25) is 4.79 Å². The molecular formula is C14H17F3N2O. The average Bonchev–Trinajstić information content (AvgIpc) is 2.91. The summed E-state index contributed by atoms with van der Waals surface area (Å²) >= 11 is 0. The predicted octanol–water partition coefficient (Wildman–Crippen LogP) is 2.07. The third kappa shape index (κ3) is 3.30. The van der Waals surface area contributed by atoms with Crippen LogP contribution in [0.15, 0.2) is 24.3 Å². The van der Waals surface area contributed by atoms with Gasteiger partial charge in [0, 0.05) is 19.6 Å². The van der Waals surface area contributed by atoms with Crippen LogP contribution in [-0.4, -0.2) is 37.0 Å². The third-order valence-electron chi connectivity index (χ3n) is 3.64. The Morgan fingerprint density at radius 3 is 2.70 bits per heavy atom. The Bertz CT molecular complexity index is 482. The van der Waals surface area contributed by atoms with Gasteiger partial charge < -0.3 is 10.2 Å². The Balaban J connectivity index is 2.11. The molecule has 0 spiro atoms. The van der Waals surface area contributed by atoms with Gasteiger partial charge in [0.15, 0.2) is 0 Å². The van der Waals surface area contributed by atoms with Gasteiger partial charge in [-0.15, -0.1) is 0 Å². The first-order chi connectivity index (χ1) is 9.39. The number of halogens is 3. The monoisotopic (exact) mass is 286 g/mol. The summed E-state index contributed by atoms with van der Waals surface area (Å²) in [5.74, 6) is -0.282. The topological polar surface area (TPSA) is 32.3 Å². The lowest BCUT2D eigenvalue weighted by Crippen LogP contribution is -2.39. The molecule has 0 bridgehead atoms. The van der Waals surface area contributed by atoms with Crippen molar-refractivity contribution in [1.29, 1.82) is 0 Å². The van der Waals surface area contributed by atoms with Gasteiger partial charge in [-0.1, -0.05) is 18.2 Å². The minimum Gasteiger partial charge on any atom is -0.341 e. The zero-order valence-electron chi connectivity index (χ0n) is 11.2. The zero-order valence-corrected chi connectivity index (χ0v) is 11.2. The Kier molecular flexibility index (Phi) is 4.32. The maximum Gasteiger partial charge on any atom is 0.416 e. The number of amides is 1. The second-order valence-corrected chi connectivity index (χ2v) is 4.98. The first kappa shape index (κ1) is 14.8. The summed E-state index contributed by atoms with van der Waals surface area (Å²) in [5, 5.41) is 3.13. The van der Waals surface area contributed by atoms with Crippen molar-refractivity contribution in [2.45, 2.75) is 25.1 Å². The Morgan fingerprint density at radius 2 is 2.10 bits per heavy atom. The molecule has 1 aliphatic heterocycles. The van der Waals surface area contributed by atoms with Gasteiger partial charge in [0.25, 0.3) is 0 Å². The van der Waals surface area contributed by atoms with Crippen molar-refractivity contribution in [3.8, 4) is 0 Å². The van der Waals surface area contributed by atoms with Crippen LogP contribution in [0.25, 0.3) is 0 Å². The SMILES string of the molecule is CN(C(=O)Cc1ccccc1C(F)(F)F)[C@H]1CCNC1. The highest BCUT2D eigenvalue weighted by Gasteiger charge is 2.34. The number of carbonyl (C=O) groups excluding carboxylic acids is 1. The Labute approximate surface area is 115 Å². The summed E-state index contributed by atoms with van der Waals surface area (Å²) in [6.07, 6.45) is -3.81. The van der Waals surface area contributed by atoms with E-state index in [1.807, 2.05) is 0 Å². The van der Waals surface area contributed by atoms with E-state index < -0.39 is 11.7 Å². The molecule has 110 valence electrons. The number of carbonyl (C=O) groups is 1. The fraction of sp³-hybridized carbons (Fsp3) is 0.500. The Morgan fingerprint density at radius 1 is 1.40 bits per heavy atom. The number of nitrogens with zero attached hydrogens (tertiary/aromatic N) is 1. The molecule has 1 N–H and O–H groups in total. The maximum atomic E-state index is 12.9. The van der Waals surface area contributed by atoms with E-state index in [9.17, 15) is 18.0 Å². The fourth-order valence-electron chi connectivity index (χ4n) is 2.41. The smallest absolute Gasteiger partial charge is 0.341 e. The molecule has 0 saturated carbocycles. The first-order valence-electron chi connectivity index (χ1n) is 6.51.